The fourth-order valence-corrected chi connectivity index (χ4v) is 5.88. The number of rotatable bonds is 5. The minimum Gasteiger partial charge on any atom is -0.353 e. The number of benzene rings is 2. The van der Waals surface area contributed by atoms with Crippen molar-refractivity contribution in [1.82, 2.24) is 10.2 Å². The van der Waals surface area contributed by atoms with Gasteiger partial charge in [-0.15, -0.1) is 0 Å². The van der Waals surface area contributed by atoms with Crippen LogP contribution in [0.25, 0.3) is 0 Å². The van der Waals surface area contributed by atoms with Gasteiger partial charge in [-0.3, -0.25) is 14.4 Å². The van der Waals surface area contributed by atoms with Crippen LogP contribution in [0.5, 0.6) is 0 Å². The number of hydrogen-bond acceptors (Lipinski definition) is 4. The number of likely N-dealkylation sites (tertiary alicyclic amines) is 1. The van der Waals surface area contributed by atoms with Crippen LogP contribution in [0.1, 0.15) is 49.7 Å². The number of fused-ring (bicyclic) bond motifs is 2. The van der Waals surface area contributed by atoms with Crippen LogP contribution < -0.4 is 10.6 Å². The molecule has 0 radical (unpaired) electrons. The summed E-state index contributed by atoms with van der Waals surface area (Å²) in [6.07, 6.45) is 5.63. The molecule has 5 rings (SSSR count). The molecule has 1 saturated carbocycles. The van der Waals surface area contributed by atoms with Gasteiger partial charge in [-0.1, -0.05) is 67.8 Å². The van der Waals surface area contributed by atoms with Gasteiger partial charge in [-0.05, 0) is 36.5 Å². The molecule has 3 atom stereocenters. The first-order chi connectivity index (χ1) is 17.0. The number of carbonyl (C=O) groups excluding carboxylic acids is 3. The van der Waals surface area contributed by atoms with Crippen molar-refractivity contribution < 1.29 is 14.4 Å². The minimum atomic E-state index is -0.968. The zero-order valence-corrected chi connectivity index (χ0v) is 19.7. The molecule has 7 nitrogen and oxygen atoms in total. The first-order valence-electron chi connectivity index (χ1n) is 12.5. The Morgan fingerprint density at radius 3 is 2.54 bits per heavy atom. The molecule has 180 valence electrons. The smallest absolute Gasteiger partial charge is 0.237 e. The number of anilines is 1. The lowest BCUT2D eigenvalue weighted by molar-refractivity contribution is -0.142. The van der Waals surface area contributed by atoms with E-state index in [1.807, 2.05) is 54.6 Å². The molecule has 35 heavy (non-hydrogen) atoms. The Hall–Kier alpha value is -3.66. The molecule has 2 heterocycles. The van der Waals surface area contributed by atoms with Gasteiger partial charge in [0, 0.05) is 24.7 Å². The second-order valence-electron chi connectivity index (χ2n) is 9.98. The normalized spacial score (nSPS) is 24.5. The van der Waals surface area contributed by atoms with Crippen molar-refractivity contribution in [3.63, 3.8) is 0 Å². The number of carbonyl (C=O) groups is 3. The van der Waals surface area contributed by atoms with Gasteiger partial charge in [-0.2, -0.15) is 5.26 Å². The summed E-state index contributed by atoms with van der Waals surface area (Å²) >= 11 is 0. The second kappa shape index (κ2) is 9.53. The van der Waals surface area contributed by atoms with Crippen molar-refractivity contribution in [1.29, 1.82) is 5.26 Å². The van der Waals surface area contributed by atoms with E-state index in [0.717, 1.165) is 42.5 Å². The van der Waals surface area contributed by atoms with Gasteiger partial charge >= 0.3 is 0 Å². The van der Waals surface area contributed by atoms with Crippen molar-refractivity contribution >= 4 is 23.4 Å². The SMILES string of the molecule is N#C[C@@H]1C[C@@]2(CN1C(=O)C(Cc1ccccc1)C(=O)NC1CCCCC1)C(=O)Nc1ccccc12. The molecule has 2 fully saturated rings. The molecule has 0 bridgehead atoms. The van der Waals surface area contributed by atoms with E-state index in [9.17, 15) is 19.6 Å². The minimum absolute atomic E-state index is 0.0755. The average molecular weight is 471 g/mol. The summed E-state index contributed by atoms with van der Waals surface area (Å²) in [5.74, 6) is -1.83. The maximum Gasteiger partial charge on any atom is 0.237 e. The van der Waals surface area contributed by atoms with Gasteiger partial charge in [0.2, 0.25) is 17.7 Å². The second-order valence-corrected chi connectivity index (χ2v) is 9.98. The highest BCUT2D eigenvalue weighted by atomic mass is 16.2. The number of nitriles is 1. The Morgan fingerprint density at radius 2 is 1.80 bits per heavy atom. The Kier molecular flexibility index (Phi) is 6.29. The monoisotopic (exact) mass is 470 g/mol. The fourth-order valence-electron chi connectivity index (χ4n) is 5.88. The lowest BCUT2D eigenvalue weighted by atomic mass is 9.80. The molecule has 1 aliphatic carbocycles. The van der Waals surface area contributed by atoms with Crippen LogP contribution in [0.2, 0.25) is 0 Å². The van der Waals surface area contributed by atoms with Gasteiger partial charge in [0.25, 0.3) is 0 Å². The largest absolute Gasteiger partial charge is 0.353 e. The lowest BCUT2D eigenvalue weighted by Crippen LogP contribution is -2.49. The van der Waals surface area contributed by atoms with Gasteiger partial charge in [-0.25, -0.2) is 0 Å². The highest BCUT2D eigenvalue weighted by molar-refractivity contribution is 6.08. The third kappa shape index (κ3) is 4.29. The summed E-state index contributed by atoms with van der Waals surface area (Å²) in [4.78, 5) is 42.0. The Morgan fingerprint density at radius 1 is 1.09 bits per heavy atom. The molecule has 2 aromatic rings. The highest BCUT2D eigenvalue weighted by Crippen LogP contribution is 2.46. The summed E-state index contributed by atoms with van der Waals surface area (Å²) < 4.78 is 0. The van der Waals surface area contributed by atoms with Gasteiger partial charge in [0.15, 0.2) is 0 Å². The van der Waals surface area contributed by atoms with Crippen molar-refractivity contribution in [2.45, 2.75) is 62.4 Å². The zero-order valence-electron chi connectivity index (χ0n) is 19.7. The van der Waals surface area contributed by atoms with E-state index >= 15 is 0 Å². The topological polar surface area (TPSA) is 102 Å². The third-order valence-electron chi connectivity index (χ3n) is 7.76. The number of amides is 3. The van der Waals surface area contributed by atoms with Gasteiger partial charge in [0.1, 0.15) is 12.0 Å². The van der Waals surface area contributed by atoms with E-state index in [0.29, 0.717) is 0 Å². The molecule has 2 aliphatic heterocycles. The molecule has 3 amide bonds. The standard InChI is InChI=1S/C28H30N4O3/c29-17-21-16-28(23-13-7-8-14-24(23)31-27(28)35)18-32(21)26(34)22(15-19-9-3-1-4-10-19)25(33)30-20-11-5-2-6-12-20/h1,3-4,7-10,13-14,20-22H,2,5-6,11-12,15-16,18H2,(H,30,33)(H,31,35)/t21-,22?,28-/m0/s1. The van der Waals surface area contributed by atoms with E-state index in [2.05, 4.69) is 16.7 Å². The molecular weight excluding hydrogens is 440 g/mol. The maximum absolute atomic E-state index is 13.9. The predicted molar refractivity (Wildman–Crippen MR) is 131 cm³/mol. The fraction of sp³-hybridized carbons (Fsp3) is 0.429. The van der Waals surface area contributed by atoms with Gasteiger partial charge in [0.05, 0.1) is 11.5 Å². The molecule has 3 aliphatic rings. The first-order valence-corrected chi connectivity index (χ1v) is 12.5. The van der Waals surface area contributed by atoms with Crippen LogP contribution in [-0.2, 0) is 26.2 Å². The van der Waals surface area contributed by atoms with E-state index in [1.165, 1.54) is 11.3 Å². The first kappa shape index (κ1) is 23.1. The van der Waals surface area contributed by atoms with Crippen molar-refractivity contribution in [2.24, 2.45) is 5.92 Å². The van der Waals surface area contributed by atoms with Crippen LogP contribution in [0.3, 0.4) is 0 Å². The number of hydrogen-bond donors (Lipinski definition) is 2. The molecule has 0 aromatic heterocycles. The van der Waals surface area contributed by atoms with E-state index < -0.39 is 17.4 Å². The van der Waals surface area contributed by atoms with E-state index in [-0.39, 0.29) is 43.1 Å². The Labute approximate surface area is 205 Å². The summed E-state index contributed by atoms with van der Waals surface area (Å²) in [6, 6.07) is 18.4. The quantitative estimate of drug-likeness (QED) is 0.655. The predicted octanol–water partition coefficient (Wildman–Crippen LogP) is 3.31. The Balaban J connectivity index is 1.43. The summed E-state index contributed by atoms with van der Waals surface area (Å²) in [5, 5.41) is 16.0. The van der Waals surface area contributed by atoms with Crippen molar-refractivity contribution in [3.05, 3.63) is 65.7 Å². The van der Waals surface area contributed by atoms with Crippen LogP contribution in [0.15, 0.2) is 54.6 Å². The molecular formula is C28H30N4O3. The van der Waals surface area contributed by atoms with Crippen molar-refractivity contribution in [2.75, 3.05) is 11.9 Å². The van der Waals surface area contributed by atoms with E-state index in [1.54, 1.807) is 0 Å². The van der Waals surface area contributed by atoms with Crippen molar-refractivity contribution in [3.8, 4) is 6.07 Å². The lowest BCUT2D eigenvalue weighted by Gasteiger charge is -2.29. The van der Waals surface area contributed by atoms with Crippen LogP contribution in [0.4, 0.5) is 5.69 Å². The zero-order chi connectivity index (χ0) is 24.4. The van der Waals surface area contributed by atoms with Crippen LogP contribution in [-0.4, -0.2) is 41.2 Å². The maximum atomic E-state index is 13.9. The molecule has 2 N–H and O–H groups in total. The number of para-hydroxylation sites is 1. The van der Waals surface area contributed by atoms with Gasteiger partial charge < -0.3 is 15.5 Å². The third-order valence-corrected chi connectivity index (χ3v) is 7.76. The van der Waals surface area contributed by atoms with E-state index in [4.69, 9.17) is 0 Å². The summed E-state index contributed by atoms with van der Waals surface area (Å²) in [5.41, 5.74) is 1.45. The molecule has 2 aromatic carbocycles. The number of nitrogens with zero attached hydrogens (tertiary/aromatic N) is 2. The molecule has 1 spiro atoms. The molecule has 1 saturated heterocycles. The van der Waals surface area contributed by atoms with Crippen LogP contribution >= 0.6 is 0 Å². The average Bonchev–Trinajstić information content (AvgIpc) is 3.41. The summed E-state index contributed by atoms with van der Waals surface area (Å²) in [7, 11) is 0. The molecule has 7 heteroatoms. The number of nitrogens with one attached hydrogen (secondary N) is 2. The summed E-state index contributed by atoms with van der Waals surface area (Å²) in [6.45, 7) is 0.0922. The Bertz CT molecular complexity index is 1170. The van der Waals surface area contributed by atoms with Crippen LogP contribution in [0, 0.1) is 17.2 Å². The molecule has 1 unspecified atom stereocenters. The highest BCUT2D eigenvalue weighted by Gasteiger charge is 2.56.